The third-order valence-corrected chi connectivity index (χ3v) is 6.59. The van der Waals surface area contributed by atoms with Gasteiger partial charge in [-0.25, -0.2) is 4.98 Å². The lowest BCUT2D eigenvalue weighted by Crippen LogP contribution is -2.23. The highest BCUT2D eigenvalue weighted by atomic mass is 35.5. The molecule has 0 atom stereocenters. The predicted molar refractivity (Wildman–Crippen MR) is 114 cm³/mol. The van der Waals surface area contributed by atoms with Crippen LogP contribution in [-0.4, -0.2) is 23.6 Å². The average Bonchev–Trinajstić information content (AvgIpc) is 3.04. The molecule has 0 bridgehead atoms. The first-order valence-electron chi connectivity index (χ1n) is 10.2. The average molecular weight is 410 g/mol. The number of H-pyrrole nitrogens is 1. The Balaban J connectivity index is 1.47. The van der Waals surface area contributed by atoms with Gasteiger partial charge in [0.05, 0.1) is 36.2 Å². The van der Waals surface area contributed by atoms with Crippen LogP contribution in [0.4, 0.5) is 5.69 Å². The van der Waals surface area contributed by atoms with Crippen LogP contribution < -0.4 is 20.8 Å². The maximum atomic E-state index is 6.78. The lowest BCUT2D eigenvalue weighted by molar-refractivity contribution is 0.367. The molecule has 0 aromatic carbocycles. The molecule has 1 aliphatic carbocycles. The second kappa shape index (κ2) is 7.67. The summed E-state index contributed by atoms with van der Waals surface area (Å²) in [5, 5.41) is 14.8. The molecular weight excluding hydrogens is 386 g/mol. The van der Waals surface area contributed by atoms with Crippen LogP contribution in [0, 0.1) is 5.92 Å². The van der Waals surface area contributed by atoms with Gasteiger partial charge in [0.1, 0.15) is 0 Å². The van der Waals surface area contributed by atoms with Crippen LogP contribution >= 0.6 is 11.6 Å². The van der Waals surface area contributed by atoms with Gasteiger partial charge < -0.3 is 15.0 Å². The molecule has 150 valence electrons. The van der Waals surface area contributed by atoms with Crippen molar-refractivity contribution in [3.05, 3.63) is 51.3 Å². The monoisotopic (exact) mass is 409 g/mol. The number of hydrogen-bond acceptors (Lipinski definition) is 5. The van der Waals surface area contributed by atoms with Crippen LogP contribution in [0.1, 0.15) is 42.9 Å². The van der Waals surface area contributed by atoms with Crippen molar-refractivity contribution >= 4 is 29.1 Å². The molecule has 0 amide bonds. The number of nitrogens with zero attached hydrogens (tertiary/aromatic N) is 3. The molecule has 7 heteroatoms. The molecule has 6 nitrogen and oxygen atoms in total. The molecular formula is C22H24ClN5O. The van der Waals surface area contributed by atoms with Crippen LogP contribution in [-0.2, 0) is 6.54 Å². The molecule has 0 spiro atoms. The van der Waals surface area contributed by atoms with E-state index >= 15 is 0 Å². The van der Waals surface area contributed by atoms with E-state index in [1.165, 1.54) is 11.1 Å². The number of hydrogen-bond donors (Lipinski definition) is 2. The number of ether oxygens (including phenoxy) is 1. The van der Waals surface area contributed by atoms with Crippen molar-refractivity contribution in [2.75, 3.05) is 19.0 Å². The van der Waals surface area contributed by atoms with Crippen molar-refractivity contribution < 1.29 is 4.74 Å². The minimum absolute atomic E-state index is 0.424. The van der Waals surface area contributed by atoms with Gasteiger partial charge in [-0.15, -0.1) is 0 Å². The third-order valence-electron chi connectivity index (χ3n) is 6.23. The molecule has 1 fully saturated rings. The van der Waals surface area contributed by atoms with E-state index in [1.807, 2.05) is 12.1 Å². The van der Waals surface area contributed by atoms with E-state index in [-0.39, 0.29) is 0 Å². The number of aromatic nitrogens is 2. The van der Waals surface area contributed by atoms with Gasteiger partial charge >= 0.3 is 0 Å². The van der Waals surface area contributed by atoms with Gasteiger partial charge in [-0.05, 0) is 49.3 Å². The smallest absolute Gasteiger partial charge is 0.213 e. The molecule has 0 radical (unpaired) electrons. The number of allylic oxidation sites excluding steroid dienone is 1. The third kappa shape index (κ3) is 3.35. The molecule has 2 aromatic heterocycles. The lowest BCUT2D eigenvalue weighted by atomic mass is 9.77. The van der Waals surface area contributed by atoms with Gasteiger partial charge in [0.25, 0.3) is 0 Å². The minimum Gasteiger partial charge on any atom is -0.481 e. The molecule has 4 heterocycles. The van der Waals surface area contributed by atoms with E-state index in [9.17, 15) is 0 Å². The largest absolute Gasteiger partial charge is 0.481 e. The number of methoxy groups -OCH3 is 1. The Labute approximate surface area is 174 Å². The summed E-state index contributed by atoms with van der Waals surface area (Å²) in [6.45, 7) is 1.32. The van der Waals surface area contributed by atoms with Crippen molar-refractivity contribution in [2.24, 2.45) is 16.1 Å². The topological polar surface area (TPSA) is 74.7 Å². The molecule has 2 aliphatic heterocycles. The first kappa shape index (κ1) is 18.4. The number of rotatable bonds is 3. The van der Waals surface area contributed by atoms with Crippen molar-refractivity contribution in [2.45, 2.75) is 38.1 Å². The summed E-state index contributed by atoms with van der Waals surface area (Å²) in [6.07, 6.45) is 8.25. The van der Waals surface area contributed by atoms with E-state index in [0.717, 1.165) is 59.3 Å². The highest BCUT2D eigenvalue weighted by Gasteiger charge is 2.29. The van der Waals surface area contributed by atoms with Gasteiger partial charge in [0.2, 0.25) is 5.88 Å². The number of halogens is 1. The van der Waals surface area contributed by atoms with E-state index in [1.54, 1.807) is 13.3 Å². The lowest BCUT2D eigenvalue weighted by Gasteiger charge is -2.29. The quantitative estimate of drug-likeness (QED) is 0.809. The number of pyridine rings is 1. The minimum atomic E-state index is 0.424. The summed E-state index contributed by atoms with van der Waals surface area (Å²) in [6, 6.07) is 6.04. The fraction of sp³-hybridized carbons (Fsp3) is 0.409. The van der Waals surface area contributed by atoms with Crippen LogP contribution in [0.3, 0.4) is 0 Å². The van der Waals surface area contributed by atoms with E-state index in [2.05, 4.69) is 37.7 Å². The van der Waals surface area contributed by atoms with E-state index in [4.69, 9.17) is 16.3 Å². The summed E-state index contributed by atoms with van der Waals surface area (Å²) in [7, 11) is 1.67. The van der Waals surface area contributed by atoms with Crippen molar-refractivity contribution in [3.8, 4) is 5.88 Å². The van der Waals surface area contributed by atoms with E-state index in [0.29, 0.717) is 24.3 Å². The van der Waals surface area contributed by atoms with Gasteiger partial charge in [0.15, 0.2) is 0 Å². The Morgan fingerprint density at radius 1 is 1.14 bits per heavy atom. The Morgan fingerprint density at radius 3 is 2.79 bits per heavy atom. The zero-order valence-electron chi connectivity index (χ0n) is 16.4. The standard InChI is InChI=1S/C22H24ClN5O/c1-29-19-4-2-3-17(27-19)13-5-7-14(8-6-13)20-16(23)9-10-24-21-15-11-25-26-12-18(15)28-22(20)21/h2-4,9,12-14,24,28H,5-8,10-11H2,1H3. The van der Waals surface area contributed by atoms with Crippen molar-refractivity contribution in [1.82, 2.24) is 9.97 Å². The van der Waals surface area contributed by atoms with Crippen molar-refractivity contribution in [3.63, 3.8) is 0 Å². The highest BCUT2D eigenvalue weighted by molar-refractivity contribution is 6.36. The Hall–Kier alpha value is -2.60. The van der Waals surface area contributed by atoms with Gasteiger partial charge in [-0.3, -0.25) is 0 Å². The first-order chi connectivity index (χ1) is 14.2. The molecule has 29 heavy (non-hydrogen) atoms. The zero-order valence-corrected chi connectivity index (χ0v) is 17.2. The fourth-order valence-corrected chi connectivity index (χ4v) is 5.09. The molecule has 0 unspecified atom stereocenters. The maximum Gasteiger partial charge on any atom is 0.213 e. The first-order valence-corrected chi connectivity index (χ1v) is 10.5. The molecule has 0 saturated heterocycles. The summed E-state index contributed by atoms with van der Waals surface area (Å²) >= 11 is 6.78. The van der Waals surface area contributed by atoms with Gasteiger partial charge in [-0.1, -0.05) is 17.7 Å². The van der Waals surface area contributed by atoms with Gasteiger partial charge in [-0.2, -0.15) is 10.2 Å². The second-order valence-corrected chi connectivity index (χ2v) is 8.22. The molecule has 5 rings (SSSR count). The van der Waals surface area contributed by atoms with E-state index < -0.39 is 0 Å². The number of aromatic amines is 1. The summed E-state index contributed by atoms with van der Waals surface area (Å²) < 4.78 is 5.30. The predicted octanol–water partition coefficient (Wildman–Crippen LogP) is 3.80. The highest BCUT2D eigenvalue weighted by Crippen LogP contribution is 2.41. The second-order valence-electron chi connectivity index (χ2n) is 7.81. The Kier molecular flexibility index (Phi) is 4.87. The summed E-state index contributed by atoms with van der Waals surface area (Å²) in [5.74, 6) is 1.58. The maximum absolute atomic E-state index is 6.78. The number of anilines is 1. The number of azo groups is 1. The van der Waals surface area contributed by atoms with Crippen LogP contribution in [0.25, 0.3) is 11.8 Å². The van der Waals surface area contributed by atoms with Crippen LogP contribution in [0.15, 0.2) is 39.5 Å². The zero-order chi connectivity index (χ0) is 19.8. The number of fused-ring (bicyclic) bond motifs is 3. The molecule has 2 N–H and O–H groups in total. The number of nitrogens with one attached hydrogen (secondary N) is 2. The SMILES string of the molecule is COc1cccc(C2CCC(C3=c4[nH]c5c(c4NCC=C3Cl)CN=NC=5)CC2)n1. The molecule has 3 aliphatic rings. The fourth-order valence-electron chi connectivity index (χ4n) is 4.76. The summed E-state index contributed by atoms with van der Waals surface area (Å²) in [4.78, 5) is 8.22. The van der Waals surface area contributed by atoms with Crippen LogP contribution in [0.5, 0.6) is 5.88 Å². The van der Waals surface area contributed by atoms with Gasteiger partial charge in [0, 0.05) is 34.8 Å². The molecule has 1 saturated carbocycles. The normalized spacial score (nSPS) is 23.2. The Bertz CT molecular complexity index is 1110. The molecule has 2 aromatic rings. The van der Waals surface area contributed by atoms with Crippen molar-refractivity contribution in [1.29, 1.82) is 0 Å². The Morgan fingerprint density at radius 2 is 1.97 bits per heavy atom. The van der Waals surface area contributed by atoms with Crippen LogP contribution in [0.2, 0.25) is 0 Å². The summed E-state index contributed by atoms with van der Waals surface area (Å²) in [5.41, 5.74) is 4.67.